The third kappa shape index (κ3) is 5.97. The van der Waals surface area contributed by atoms with Crippen molar-refractivity contribution >= 4 is 41.3 Å². The Morgan fingerprint density at radius 2 is 2.04 bits per heavy atom. The molecule has 0 atom stereocenters. The van der Waals surface area contributed by atoms with E-state index in [0.29, 0.717) is 19.8 Å². The molecule has 0 aliphatic carbocycles. The van der Waals surface area contributed by atoms with E-state index in [1.807, 2.05) is 12.1 Å². The summed E-state index contributed by atoms with van der Waals surface area (Å²) in [6, 6.07) is 6.00. The maximum absolute atomic E-state index is 5.87. The fourth-order valence-electron chi connectivity index (χ4n) is 2.73. The monoisotopic (exact) mass is 502 g/mol. The highest BCUT2D eigenvalue weighted by molar-refractivity contribution is 14.0. The molecule has 0 unspecified atom stereocenters. The number of ether oxygens (including phenoxy) is 2. The molecule has 1 aromatic heterocycles. The summed E-state index contributed by atoms with van der Waals surface area (Å²) in [5.74, 6) is 2.42. The van der Waals surface area contributed by atoms with E-state index in [0.717, 1.165) is 53.1 Å². The van der Waals surface area contributed by atoms with E-state index in [9.17, 15) is 0 Å². The van der Waals surface area contributed by atoms with Crippen molar-refractivity contribution < 1.29 is 9.47 Å². The second kappa shape index (κ2) is 10.7. The summed E-state index contributed by atoms with van der Waals surface area (Å²) in [6.07, 6.45) is 1.79. The predicted octanol–water partition coefficient (Wildman–Crippen LogP) is 3.45. The van der Waals surface area contributed by atoms with Gasteiger partial charge in [0.2, 0.25) is 0 Å². The van der Waals surface area contributed by atoms with E-state index in [2.05, 4.69) is 40.5 Å². The summed E-state index contributed by atoms with van der Waals surface area (Å²) in [7, 11) is 1.78. The van der Waals surface area contributed by atoms with Gasteiger partial charge in [-0.1, -0.05) is 12.1 Å². The van der Waals surface area contributed by atoms with Crippen LogP contribution >= 0.6 is 35.3 Å². The average Bonchev–Trinajstić information content (AvgIpc) is 2.84. The zero-order valence-electron chi connectivity index (χ0n) is 16.0. The fraction of sp³-hybridized carbons (Fsp3) is 0.474. The van der Waals surface area contributed by atoms with E-state index in [1.54, 1.807) is 18.4 Å². The number of halogens is 1. The summed E-state index contributed by atoms with van der Waals surface area (Å²) in [6.45, 7) is 6.96. The molecule has 148 valence electrons. The molecule has 0 amide bonds. The minimum atomic E-state index is 0. The molecule has 1 aliphatic rings. The van der Waals surface area contributed by atoms with E-state index in [1.165, 1.54) is 4.88 Å². The highest BCUT2D eigenvalue weighted by Crippen LogP contribution is 2.33. The largest absolute Gasteiger partial charge is 0.490 e. The third-order valence-electron chi connectivity index (χ3n) is 4.23. The molecular formula is C19H27IN4O2S. The van der Waals surface area contributed by atoms with Crippen LogP contribution in [0.1, 0.15) is 27.6 Å². The first-order valence-electron chi connectivity index (χ1n) is 8.92. The Bertz CT molecular complexity index is 760. The van der Waals surface area contributed by atoms with Crippen molar-refractivity contribution in [1.82, 2.24) is 15.6 Å². The van der Waals surface area contributed by atoms with Gasteiger partial charge in [0.1, 0.15) is 0 Å². The molecule has 1 aromatic carbocycles. The van der Waals surface area contributed by atoms with Gasteiger partial charge in [-0.3, -0.25) is 4.99 Å². The molecule has 27 heavy (non-hydrogen) atoms. The number of rotatable bonds is 5. The van der Waals surface area contributed by atoms with Gasteiger partial charge in [-0.2, -0.15) is 0 Å². The van der Waals surface area contributed by atoms with Gasteiger partial charge in [0, 0.05) is 43.4 Å². The molecule has 2 N–H and O–H groups in total. The maximum Gasteiger partial charge on any atom is 0.191 e. The Labute approximate surface area is 181 Å². The average molecular weight is 502 g/mol. The maximum atomic E-state index is 5.87. The Morgan fingerprint density at radius 3 is 2.78 bits per heavy atom. The molecule has 0 bridgehead atoms. The van der Waals surface area contributed by atoms with Gasteiger partial charge in [-0.15, -0.1) is 35.3 Å². The molecule has 0 spiro atoms. The molecule has 0 saturated heterocycles. The molecule has 2 heterocycles. The smallest absolute Gasteiger partial charge is 0.191 e. The van der Waals surface area contributed by atoms with Gasteiger partial charge < -0.3 is 20.1 Å². The van der Waals surface area contributed by atoms with Crippen LogP contribution in [0.15, 0.2) is 23.2 Å². The normalized spacial score (nSPS) is 13.5. The minimum Gasteiger partial charge on any atom is -0.490 e. The number of nitrogens with one attached hydrogen (secondary N) is 2. The highest BCUT2D eigenvalue weighted by Gasteiger charge is 2.14. The molecular weight excluding hydrogens is 475 g/mol. The predicted molar refractivity (Wildman–Crippen MR) is 121 cm³/mol. The van der Waals surface area contributed by atoms with Crippen molar-refractivity contribution in [3.8, 4) is 11.5 Å². The quantitative estimate of drug-likeness (QED) is 0.373. The van der Waals surface area contributed by atoms with Crippen LogP contribution in [0.25, 0.3) is 0 Å². The molecule has 0 saturated carbocycles. The van der Waals surface area contributed by atoms with E-state index < -0.39 is 0 Å². The molecule has 6 nitrogen and oxygen atoms in total. The van der Waals surface area contributed by atoms with Gasteiger partial charge in [-0.25, -0.2) is 4.98 Å². The lowest BCUT2D eigenvalue weighted by molar-refractivity contribution is 0.296. The fourth-order valence-corrected chi connectivity index (χ4v) is 3.66. The van der Waals surface area contributed by atoms with Gasteiger partial charge in [0.05, 0.1) is 23.9 Å². The van der Waals surface area contributed by atoms with Crippen LogP contribution in [-0.2, 0) is 13.0 Å². The summed E-state index contributed by atoms with van der Waals surface area (Å²) in [4.78, 5) is 10.2. The zero-order valence-corrected chi connectivity index (χ0v) is 19.1. The molecule has 2 aromatic rings. The molecule has 0 radical (unpaired) electrons. The first-order chi connectivity index (χ1) is 12.7. The first kappa shape index (κ1) is 21.7. The van der Waals surface area contributed by atoms with E-state index in [-0.39, 0.29) is 24.0 Å². The van der Waals surface area contributed by atoms with Crippen LogP contribution in [0.5, 0.6) is 11.5 Å². The Kier molecular flexibility index (Phi) is 8.62. The van der Waals surface area contributed by atoms with E-state index in [4.69, 9.17) is 9.47 Å². The van der Waals surface area contributed by atoms with Crippen molar-refractivity contribution in [2.75, 3.05) is 26.8 Å². The number of nitrogens with zero attached hydrogens (tertiary/aromatic N) is 2. The number of hydrogen-bond donors (Lipinski definition) is 2. The zero-order chi connectivity index (χ0) is 18.4. The summed E-state index contributed by atoms with van der Waals surface area (Å²) < 4.78 is 11.6. The minimum absolute atomic E-state index is 0. The topological polar surface area (TPSA) is 67.8 Å². The summed E-state index contributed by atoms with van der Waals surface area (Å²) >= 11 is 1.76. The SMILES string of the molecule is CN=C(NCCc1nc(C)c(C)s1)NCc1cccc2c1OCCCO2.I. The Morgan fingerprint density at radius 1 is 1.22 bits per heavy atom. The lowest BCUT2D eigenvalue weighted by atomic mass is 10.2. The van der Waals surface area contributed by atoms with Crippen LogP contribution in [-0.4, -0.2) is 37.7 Å². The Hall–Kier alpha value is -1.55. The lowest BCUT2D eigenvalue weighted by Crippen LogP contribution is -2.37. The lowest BCUT2D eigenvalue weighted by Gasteiger charge is -2.15. The number of aliphatic imine (C=N–C) groups is 1. The van der Waals surface area contributed by atoms with Crippen molar-refractivity contribution in [2.24, 2.45) is 4.99 Å². The third-order valence-corrected chi connectivity index (χ3v) is 5.36. The molecule has 3 rings (SSSR count). The molecule has 1 aliphatic heterocycles. The van der Waals surface area contributed by atoms with Crippen LogP contribution in [0, 0.1) is 13.8 Å². The van der Waals surface area contributed by atoms with Crippen LogP contribution in [0.4, 0.5) is 0 Å². The second-order valence-corrected chi connectivity index (χ2v) is 7.43. The molecule has 8 heteroatoms. The first-order valence-corrected chi connectivity index (χ1v) is 9.74. The summed E-state index contributed by atoms with van der Waals surface area (Å²) in [5, 5.41) is 7.84. The van der Waals surface area contributed by atoms with E-state index >= 15 is 0 Å². The molecule has 0 fully saturated rings. The number of benzene rings is 1. The van der Waals surface area contributed by atoms with Gasteiger partial charge >= 0.3 is 0 Å². The van der Waals surface area contributed by atoms with Crippen molar-refractivity contribution in [3.05, 3.63) is 39.3 Å². The highest BCUT2D eigenvalue weighted by atomic mass is 127. The standard InChI is InChI=1S/C19H26N4O2S.HI/c1-13-14(2)26-17(23-13)8-9-21-19(20-3)22-12-15-6-4-7-16-18(15)25-11-5-10-24-16;/h4,6-7H,5,8-12H2,1-3H3,(H2,20,21,22);1H. The number of fused-ring (bicyclic) bond motifs is 1. The number of para-hydroxylation sites is 1. The van der Waals surface area contributed by atoms with Gasteiger partial charge in [0.25, 0.3) is 0 Å². The number of aromatic nitrogens is 1. The number of aryl methyl sites for hydroxylation is 2. The van der Waals surface area contributed by atoms with Crippen molar-refractivity contribution in [2.45, 2.75) is 33.2 Å². The van der Waals surface area contributed by atoms with Crippen molar-refractivity contribution in [3.63, 3.8) is 0 Å². The van der Waals surface area contributed by atoms with Gasteiger partial charge in [-0.05, 0) is 19.9 Å². The number of guanidine groups is 1. The van der Waals surface area contributed by atoms with Gasteiger partial charge in [0.15, 0.2) is 17.5 Å². The summed E-state index contributed by atoms with van der Waals surface area (Å²) in [5.41, 5.74) is 2.19. The second-order valence-electron chi connectivity index (χ2n) is 6.15. The van der Waals surface area contributed by atoms with Crippen LogP contribution in [0.3, 0.4) is 0 Å². The Balaban J connectivity index is 0.00000261. The number of thiazole rings is 1. The number of hydrogen-bond acceptors (Lipinski definition) is 5. The van der Waals surface area contributed by atoms with Crippen molar-refractivity contribution in [1.29, 1.82) is 0 Å². The van der Waals surface area contributed by atoms with Crippen LogP contribution < -0.4 is 20.1 Å². The van der Waals surface area contributed by atoms with Crippen LogP contribution in [0.2, 0.25) is 0 Å².